The van der Waals surface area contributed by atoms with Crippen LogP contribution in [0.1, 0.15) is 37.6 Å². The van der Waals surface area contributed by atoms with E-state index in [4.69, 9.17) is 10.5 Å². The van der Waals surface area contributed by atoms with E-state index in [0.29, 0.717) is 11.8 Å². The van der Waals surface area contributed by atoms with E-state index in [2.05, 4.69) is 28.4 Å². The number of rotatable bonds is 6. The molecule has 0 fully saturated rings. The summed E-state index contributed by atoms with van der Waals surface area (Å²) < 4.78 is 7.14. The summed E-state index contributed by atoms with van der Waals surface area (Å²) in [5.41, 5.74) is 8.41. The molecule has 2 aromatic rings. The molecule has 0 aliphatic rings. The minimum Gasteiger partial charge on any atom is -0.481 e. The minimum absolute atomic E-state index is 0.0173. The fourth-order valence-electron chi connectivity index (χ4n) is 2.22. The monoisotopic (exact) mass is 274 g/mol. The highest BCUT2D eigenvalue weighted by Gasteiger charge is 2.13. The summed E-state index contributed by atoms with van der Waals surface area (Å²) in [4.78, 5) is 8.43. The van der Waals surface area contributed by atoms with Gasteiger partial charge in [0.25, 0.3) is 0 Å². The summed E-state index contributed by atoms with van der Waals surface area (Å²) in [6.45, 7) is 5.07. The number of ether oxygens (including phenoxy) is 1. The van der Waals surface area contributed by atoms with Crippen LogP contribution in [0.2, 0.25) is 0 Å². The molecule has 2 rings (SSSR count). The molecule has 2 aromatic heterocycles. The third kappa shape index (κ3) is 3.57. The third-order valence-corrected chi connectivity index (χ3v) is 3.21. The molecular formula is C15H22N4O. The molecule has 20 heavy (non-hydrogen) atoms. The number of hydrogen-bond acceptors (Lipinski definition) is 4. The largest absolute Gasteiger partial charge is 0.481 e. The zero-order chi connectivity index (χ0) is 14.5. The lowest BCUT2D eigenvalue weighted by molar-refractivity contribution is 0.397. The van der Waals surface area contributed by atoms with Gasteiger partial charge in [0.05, 0.1) is 25.7 Å². The van der Waals surface area contributed by atoms with Crippen LogP contribution >= 0.6 is 0 Å². The Kier molecular flexibility index (Phi) is 4.74. The molecule has 0 aromatic carbocycles. The molecule has 5 heteroatoms. The van der Waals surface area contributed by atoms with E-state index in [0.717, 1.165) is 24.2 Å². The van der Waals surface area contributed by atoms with Gasteiger partial charge in [-0.1, -0.05) is 19.9 Å². The van der Waals surface area contributed by atoms with Crippen LogP contribution in [-0.4, -0.2) is 21.6 Å². The van der Waals surface area contributed by atoms with E-state index in [9.17, 15) is 0 Å². The van der Waals surface area contributed by atoms with Crippen LogP contribution in [0.4, 0.5) is 0 Å². The van der Waals surface area contributed by atoms with Crippen LogP contribution in [0, 0.1) is 5.92 Å². The van der Waals surface area contributed by atoms with Crippen molar-refractivity contribution in [2.24, 2.45) is 11.7 Å². The Morgan fingerprint density at radius 2 is 2.10 bits per heavy atom. The highest BCUT2D eigenvalue weighted by molar-refractivity contribution is 5.19. The Morgan fingerprint density at radius 1 is 1.30 bits per heavy atom. The standard InChI is InChI=1S/C15H22N4O/c1-11(2)6-13(16)14-8-17-10-19(14)9-12-4-5-15(20-3)18-7-12/h4-5,7-8,10-11,13H,6,9,16H2,1-3H3. The lowest BCUT2D eigenvalue weighted by Gasteiger charge is -2.16. The first kappa shape index (κ1) is 14.5. The quantitative estimate of drug-likeness (QED) is 0.878. The highest BCUT2D eigenvalue weighted by atomic mass is 16.5. The first-order valence-corrected chi connectivity index (χ1v) is 6.84. The van der Waals surface area contributed by atoms with Crippen molar-refractivity contribution in [3.05, 3.63) is 42.1 Å². The second-order valence-electron chi connectivity index (χ2n) is 5.39. The van der Waals surface area contributed by atoms with Gasteiger partial charge in [0.1, 0.15) is 0 Å². The zero-order valence-corrected chi connectivity index (χ0v) is 12.3. The van der Waals surface area contributed by atoms with Crippen molar-refractivity contribution in [1.29, 1.82) is 0 Å². The number of aromatic nitrogens is 3. The third-order valence-electron chi connectivity index (χ3n) is 3.21. The average Bonchev–Trinajstić information content (AvgIpc) is 2.87. The first-order chi connectivity index (χ1) is 9.60. The molecule has 2 N–H and O–H groups in total. The lowest BCUT2D eigenvalue weighted by atomic mass is 10.0. The number of pyridine rings is 1. The summed E-state index contributed by atoms with van der Waals surface area (Å²) in [6.07, 6.45) is 6.44. The Bertz CT molecular complexity index is 533. The van der Waals surface area contributed by atoms with Gasteiger partial charge in [0, 0.05) is 24.5 Å². The van der Waals surface area contributed by atoms with Gasteiger partial charge in [-0.15, -0.1) is 0 Å². The molecule has 1 atom stereocenters. The summed E-state index contributed by atoms with van der Waals surface area (Å²) in [5.74, 6) is 1.19. The van der Waals surface area contributed by atoms with E-state index < -0.39 is 0 Å². The van der Waals surface area contributed by atoms with Crippen molar-refractivity contribution >= 4 is 0 Å². The van der Waals surface area contributed by atoms with Gasteiger partial charge in [-0.2, -0.15) is 0 Å². The summed E-state index contributed by atoms with van der Waals surface area (Å²) in [5, 5.41) is 0. The van der Waals surface area contributed by atoms with E-state index in [1.54, 1.807) is 7.11 Å². The van der Waals surface area contributed by atoms with Gasteiger partial charge in [-0.05, 0) is 17.9 Å². The van der Waals surface area contributed by atoms with Crippen LogP contribution in [-0.2, 0) is 6.54 Å². The fourth-order valence-corrected chi connectivity index (χ4v) is 2.22. The first-order valence-electron chi connectivity index (χ1n) is 6.84. The van der Waals surface area contributed by atoms with Crippen molar-refractivity contribution < 1.29 is 4.74 Å². The number of methoxy groups -OCH3 is 1. The number of nitrogens with two attached hydrogens (primary N) is 1. The smallest absolute Gasteiger partial charge is 0.212 e. The minimum atomic E-state index is 0.0173. The topological polar surface area (TPSA) is 66.0 Å². The SMILES string of the molecule is COc1ccc(Cn2cncc2C(N)CC(C)C)cn1. The van der Waals surface area contributed by atoms with E-state index in [1.165, 1.54) is 0 Å². The van der Waals surface area contributed by atoms with E-state index in [-0.39, 0.29) is 6.04 Å². The predicted octanol–water partition coefficient (Wildman–Crippen LogP) is 2.38. The van der Waals surface area contributed by atoms with Gasteiger partial charge < -0.3 is 15.0 Å². The van der Waals surface area contributed by atoms with E-state index in [1.807, 2.05) is 30.9 Å². The Hall–Kier alpha value is -1.88. The van der Waals surface area contributed by atoms with Crippen LogP contribution in [0.25, 0.3) is 0 Å². The second-order valence-corrected chi connectivity index (χ2v) is 5.39. The van der Waals surface area contributed by atoms with Crippen LogP contribution in [0.15, 0.2) is 30.9 Å². The molecule has 0 aliphatic heterocycles. The molecule has 108 valence electrons. The molecule has 0 aliphatic carbocycles. The van der Waals surface area contributed by atoms with Gasteiger partial charge in [0.2, 0.25) is 5.88 Å². The lowest BCUT2D eigenvalue weighted by Crippen LogP contribution is -2.17. The Labute approximate surface area is 119 Å². The highest BCUT2D eigenvalue weighted by Crippen LogP contribution is 2.19. The Balaban J connectivity index is 2.11. The molecule has 1 unspecified atom stereocenters. The van der Waals surface area contributed by atoms with E-state index >= 15 is 0 Å². The van der Waals surface area contributed by atoms with Crippen molar-refractivity contribution in [3.8, 4) is 5.88 Å². The van der Waals surface area contributed by atoms with Gasteiger partial charge >= 0.3 is 0 Å². The molecule has 0 bridgehead atoms. The Morgan fingerprint density at radius 3 is 2.70 bits per heavy atom. The molecule has 0 spiro atoms. The molecule has 0 radical (unpaired) electrons. The van der Waals surface area contributed by atoms with Crippen molar-refractivity contribution in [2.45, 2.75) is 32.9 Å². The van der Waals surface area contributed by atoms with Gasteiger partial charge in [0.15, 0.2) is 0 Å². The predicted molar refractivity (Wildman–Crippen MR) is 78.5 cm³/mol. The maximum Gasteiger partial charge on any atom is 0.212 e. The van der Waals surface area contributed by atoms with Gasteiger partial charge in [-0.25, -0.2) is 9.97 Å². The maximum absolute atomic E-state index is 6.24. The summed E-state index contributed by atoms with van der Waals surface area (Å²) >= 11 is 0. The molecule has 0 saturated heterocycles. The molecule has 2 heterocycles. The van der Waals surface area contributed by atoms with Crippen molar-refractivity contribution in [1.82, 2.24) is 14.5 Å². The number of nitrogens with zero attached hydrogens (tertiary/aromatic N) is 3. The number of hydrogen-bond donors (Lipinski definition) is 1. The van der Waals surface area contributed by atoms with Crippen LogP contribution < -0.4 is 10.5 Å². The van der Waals surface area contributed by atoms with Crippen molar-refractivity contribution in [2.75, 3.05) is 7.11 Å². The average molecular weight is 274 g/mol. The summed E-state index contributed by atoms with van der Waals surface area (Å²) in [6, 6.07) is 3.88. The molecule has 5 nitrogen and oxygen atoms in total. The zero-order valence-electron chi connectivity index (χ0n) is 12.3. The summed E-state index contributed by atoms with van der Waals surface area (Å²) in [7, 11) is 1.61. The second kappa shape index (κ2) is 6.52. The number of imidazole rings is 1. The van der Waals surface area contributed by atoms with Crippen molar-refractivity contribution in [3.63, 3.8) is 0 Å². The van der Waals surface area contributed by atoms with Crippen LogP contribution in [0.5, 0.6) is 5.88 Å². The normalized spacial score (nSPS) is 12.7. The maximum atomic E-state index is 6.24. The van der Waals surface area contributed by atoms with Crippen LogP contribution in [0.3, 0.4) is 0 Å². The van der Waals surface area contributed by atoms with Gasteiger partial charge in [-0.3, -0.25) is 0 Å². The molecule has 0 amide bonds. The molecule has 0 saturated carbocycles. The molecular weight excluding hydrogens is 252 g/mol. The fraction of sp³-hybridized carbons (Fsp3) is 0.467.